The summed E-state index contributed by atoms with van der Waals surface area (Å²) in [5.41, 5.74) is 0. The lowest BCUT2D eigenvalue weighted by atomic mass is 10.0. The number of allylic oxidation sites excluding steroid dienone is 4. The Bertz CT molecular complexity index is 2110. The molecule has 0 bridgehead atoms. The van der Waals surface area contributed by atoms with Gasteiger partial charge in [-0.2, -0.15) is 0 Å². The lowest BCUT2D eigenvalue weighted by molar-refractivity contribution is -0.161. The third kappa shape index (κ3) is 81.4. The van der Waals surface area contributed by atoms with Gasteiger partial charge in [-0.05, 0) is 51.4 Å². The Morgan fingerprint density at radius 3 is 0.682 bits per heavy atom. The highest BCUT2D eigenvalue weighted by molar-refractivity contribution is 7.47. The van der Waals surface area contributed by atoms with Crippen LogP contribution in [0.5, 0.6) is 0 Å². The fraction of sp³-hybridized carbons (Fsp3) is 0.909. The number of esters is 4. The van der Waals surface area contributed by atoms with Crippen molar-refractivity contribution in [1.82, 2.24) is 0 Å². The summed E-state index contributed by atoms with van der Waals surface area (Å²) in [7, 11) is -9.94. The van der Waals surface area contributed by atoms with Gasteiger partial charge in [0.25, 0.3) is 0 Å². The highest BCUT2D eigenvalue weighted by Crippen LogP contribution is 2.45. The van der Waals surface area contributed by atoms with E-state index in [0.717, 1.165) is 103 Å². The Balaban J connectivity index is 5.27. The second kappa shape index (κ2) is 81.6. The highest BCUT2D eigenvalue weighted by Gasteiger charge is 2.30. The number of phosphoric ester groups is 2. The van der Waals surface area contributed by atoms with Crippen LogP contribution in [0.15, 0.2) is 24.3 Å². The molecular weight excluding hydrogens is 1390 g/mol. The summed E-state index contributed by atoms with van der Waals surface area (Å²) in [6, 6.07) is 0. The van der Waals surface area contributed by atoms with Crippen LogP contribution in [0.2, 0.25) is 0 Å². The molecule has 107 heavy (non-hydrogen) atoms. The third-order valence-corrected chi connectivity index (χ3v) is 22.1. The molecule has 0 rings (SSSR count). The SMILES string of the molecule is CCCCCC/C=C\C=C/CCCCCCCC(=O)O[C@H](COC(=O)CCCCCCCCCCCCCC)COP(=O)(O)OC[C@H](O)COP(=O)(O)OC[C@@H](COC(=O)CCCCCCCCCCCCCCCCCCCCC)OC(=O)CCCCCCCCCCCCCCCCCCCCCCC. The molecule has 0 aromatic heterocycles. The van der Waals surface area contributed by atoms with Gasteiger partial charge in [-0.15, -0.1) is 0 Å². The van der Waals surface area contributed by atoms with Gasteiger partial charge in [0.1, 0.15) is 19.3 Å². The number of carbonyl (C=O) groups excluding carboxylic acids is 4. The molecular formula is C88H168O17P2. The number of hydrogen-bond donors (Lipinski definition) is 3. The fourth-order valence-electron chi connectivity index (χ4n) is 13.3. The first-order chi connectivity index (χ1) is 52.2. The molecule has 0 heterocycles. The predicted octanol–water partition coefficient (Wildman–Crippen LogP) is 26.9. The molecule has 2 unspecified atom stereocenters. The molecule has 0 saturated heterocycles. The molecule has 0 aromatic carbocycles. The molecule has 5 atom stereocenters. The van der Waals surface area contributed by atoms with E-state index in [2.05, 4.69) is 52.0 Å². The minimum atomic E-state index is -4.97. The van der Waals surface area contributed by atoms with Crippen LogP contribution in [0.25, 0.3) is 0 Å². The maximum Gasteiger partial charge on any atom is 0.472 e. The minimum Gasteiger partial charge on any atom is -0.462 e. The molecule has 3 N–H and O–H groups in total. The molecule has 632 valence electrons. The highest BCUT2D eigenvalue weighted by atomic mass is 31.2. The van der Waals surface area contributed by atoms with Crippen molar-refractivity contribution in [3.8, 4) is 0 Å². The van der Waals surface area contributed by atoms with E-state index in [4.69, 9.17) is 37.0 Å². The second-order valence-electron chi connectivity index (χ2n) is 30.9. The van der Waals surface area contributed by atoms with Gasteiger partial charge in [-0.25, -0.2) is 9.13 Å². The van der Waals surface area contributed by atoms with E-state index in [1.807, 2.05) is 0 Å². The summed E-state index contributed by atoms with van der Waals surface area (Å²) >= 11 is 0. The molecule has 0 aliphatic carbocycles. The van der Waals surface area contributed by atoms with Crippen LogP contribution in [0.3, 0.4) is 0 Å². The number of unbranched alkanes of at least 4 members (excludes halogenated alkanes) is 58. The Hall–Kier alpha value is -2.46. The van der Waals surface area contributed by atoms with Crippen molar-refractivity contribution in [2.75, 3.05) is 39.6 Å². The first kappa shape index (κ1) is 105. The van der Waals surface area contributed by atoms with Gasteiger partial charge in [0, 0.05) is 25.7 Å². The lowest BCUT2D eigenvalue weighted by Gasteiger charge is -2.21. The zero-order chi connectivity index (χ0) is 78.1. The molecule has 0 aliphatic rings. The lowest BCUT2D eigenvalue weighted by Crippen LogP contribution is -2.30. The molecule has 0 aromatic rings. The average Bonchev–Trinajstić information content (AvgIpc) is 0.901. The number of hydrogen-bond acceptors (Lipinski definition) is 15. The maximum absolute atomic E-state index is 13.2. The van der Waals surface area contributed by atoms with E-state index < -0.39 is 97.5 Å². The van der Waals surface area contributed by atoms with Crippen molar-refractivity contribution < 1.29 is 80.2 Å². The quantitative estimate of drug-likeness (QED) is 0.0169. The van der Waals surface area contributed by atoms with Crippen LogP contribution >= 0.6 is 15.6 Å². The van der Waals surface area contributed by atoms with Gasteiger partial charge in [0.05, 0.1) is 26.4 Å². The van der Waals surface area contributed by atoms with Crippen molar-refractivity contribution >= 4 is 39.5 Å². The minimum absolute atomic E-state index is 0.0861. The van der Waals surface area contributed by atoms with Crippen LogP contribution in [0, 0.1) is 0 Å². The first-order valence-corrected chi connectivity index (χ1v) is 48.1. The van der Waals surface area contributed by atoms with Crippen molar-refractivity contribution in [3.63, 3.8) is 0 Å². The van der Waals surface area contributed by atoms with Gasteiger partial charge in [-0.1, -0.05) is 405 Å². The summed E-state index contributed by atoms with van der Waals surface area (Å²) in [5.74, 6) is -2.13. The van der Waals surface area contributed by atoms with Crippen LogP contribution < -0.4 is 0 Å². The third-order valence-electron chi connectivity index (χ3n) is 20.2. The zero-order valence-electron chi connectivity index (χ0n) is 69.6. The summed E-state index contributed by atoms with van der Waals surface area (Å²) in [5, 5.41) is 10.7. The van der Waals surface area contributed by atoms with Gasteiger partial charge < -0.3 is 33.8 Å². The standard InChI is InChI=1S/C88H168O17P2/c1-5-9-13-17-21-25-29-33-36-38-40-41-43-45-48-51-55-59-63-67-71-75-88(93)105-84(79-99-86(91)73-69-65-61-57-53-49-47-44-42-39-37-34-30-26-22-18-14-10-6-2)81-103-107(96,97)101-77-82(89)76-100-106(94,95)102-80-83(78-98-85(90)72-68-64-60-56-52-32-28-24-20-16-12-8-4)104-87(92)74-70-66-62-58-54-50-46-35-31-27-23-19-15-11-7-3/h27,31,35,46,82-84,89H,5-26,28-30,32-34,36-45,47-81H2,1-4H3,(H,94,95)(H,96,97)/b31-27-,46-35-/t82-,83+,84+/m0/s1. The number of aliphatic hydroxyl groups is 1. The van der Waals surface area contributed by atoms with Crippen molar-refractivity contribution in [2.24, 2.45) is 0 Å². The number of phosphoric acid groups is 2. The second-order valence-corrected chi connectivity index (χ2v) is 33.9. The largest absolute Gasteiger partial charge is 0.472 e. The Kier molecular flexibility index (Phi) is 79.7. The summed E-state index contributed by atoms with van der Waals surface area (Å²) < 4.78 is 68.9. The Morgan fingerprint density at radius 2 is 0.449 bits per heavy atom. The van der Waals surface area contributed by atoms with E-state index >= 15 is 0 Å². The van der Waals surface area contributed by atoms with E-state index in [-0.39, 0.29) is 25.7 Å². The van der Waals surface area contributed by atoms with Gasteiger partial charge in [-0.3, -0.25) is 37.3 Å². The molecule has 0 saturated carbocycles. The van der Waals surface area contributed by atoms with Gasteiger partial charge >= 0.3 is 39.5 Å². The van der Waals surface area contributed by atoms with E-state index in [9.17, 15) is 43.2 Å². The smallest absolute Gasteiger partial charge is 0.462 e. The van der Waals surface area contributed by atoms with Crippen molar-refractivity contribution in [1.29, 1.82) is 0 Å². The number of rotatable bonds is 87. The first-order valence-electron chi connectivity index (χ1n) is 45.1. The molecule has 0 radical (unpaired) electrons. The predicted molar refractivity (Wildman–Crippen MR) is 441 cm³/mol. The van der Waals surface area contributed by atoms with E-state index in [0.29, 0.717) is 25.7 Å². The number of ether oxygens (including phenoxy) is 4. The van der Waals surface area contributed by atoms with E-state index in [1.165, 1.54) is 276 Å². The van der Waals surface area contributed by atoms with Crippen LogP contribution in [-0.4, -0.2) is 96.7 Å². The monoisotopic (exact) mass is 1560 g/mol. The molecule has 0 fully saturated rings. The van der Waals surface area contributed by atoms with Gasteiger partial charge in [0.15, 0.2) is 12.2 Å². The van der Waals surface area contributed by atoms with Crippen molar-refractivity contribution in [2.45, 2.75) is 476 Å². The van der Waals surface area contributed by atoms with Crippen LogP contribution in [0.4, 0.5) is 0 Å². The van der Waals surface area contributed by atoms with Crippen LogP contribution in [-0.2, 0) is 65.4 Å². The normalized spacial score (nSPS) is 13.8. The summed E-state index contributed by atoms with van der Waals surface area (Å²) in [4.78, 5) is 73.3. The average molecular weight is 1560 g/mol. The van der Waals surface area contributed by atoms with Crippen LogP contribution in [0.1, 0.15) is 458 Å². The fourth-order valence-corrected chi connectivity index (χ4v) is 14.9. The molecule has 0 aliphatic heterocycles. The summed E-state index contributed by atoms with van der Waals surface area (Å²) in [6.07, 6.45) is 80.0. The van der Waals surface area contributed by atoms with Gasteiger partial charge in [0.2, 0.25) is 0 Å². The van der Waals surface area contributed by atoms with E-state index in [1.54, 1.807) is 0 Å². The molecule has 0 amide bonds. The Labute approximate surface area is 656 Å². The molecule has 19 heteroatoms. The molecule has 0 spiro atoms. The molecule has 17 nitrogen and oxygen atoms in total. The maximum atomic E-state index is 13.2. The zero-order valence-corrected chi connectivity index (χ0v) is 71.4. The number of carbonyl (C=O) groups is 4. The summed E-state index contributed by atoms with van der Waals surface area (Å²) in [6.45, 7) is 5.00. The van der Waals surface area contributed by atoms with Crippen molar-refractivity contribution in [3.05, 3.63) is 24.3 Å². The Morgan fingerprint density at radius 1 is 0.262 bits per heavy atom. The topological polar surface area (TPSA) is 237 Å². The number of aliphatic hydroxyl groups excluding tert-OH is 1.